The lowest BCUT2D eigenvalue weighted by atomic mass is 9.99. The van der Waals surface area contributed by atoms with Crippen LogP contribution in [-0.2, 0) is 0 Å². The average Bonchev–Trinajstić information content (AvgIpc) is 2.38. The number of anilines is 1. The van der Waals surface area contributed by atoms with Crippen molar-refractivity contribution in [1.82, 2.24) is 5.32 Å². The van der Waals surface area contributed by atoms with Crippen molar-refractivity contribution in [2.75, 3.05) is 11.9 Å². The number of benzene rings is 1. The van der Waals surface area contributed by atoms with E-state index in [0.29, 0.717) is 5.92 Å². The maximum Gasteiger partial charge on any atom is 0.319 e. The topological polar surface area (TPSA) is 61.4 Å². The summed E-state index contributed by atoms with van der Waals surface area (Å²) >= 11 is 0. The van der Waals surface area contributed by atoms with Gasteiger partial charge in [0.1, 0.15) is 0 Å². The SMILES string of the molecule is CCC(C)c1ccc(NC(=O)N[C@H](C)CO)cc1. The highest BCUT2D eigenvalue weighted by Gasteiger charge is 2.07. The number of hydrogen-bond donors (Lipinski definition) is 3. The quantitative estimate of drug-likeness (QED) is 0.752. The van der Waals surface area contributed by atoms with Gasteiger partial charge in [0, 0.05) is 5.69 Å². The summed E-state index contributed by atoms with van der Waals surface area (Å²) in [5.41, 5.74) is 2.02. The molecule has 0 saturated heterocycles. The summed E-state index contributed by atoms with van der Waals surface area (Å²) in [4.78, 5) is 11.5. The zero-order valence-electron chi connectivity index (χ0n) is 11.2. The molecule has 18 heavy (non-hydrogen) atoms. The molecule has 0 radical (unpaired) electrons. The number of carbonyl (C=O) groups is 1. The van der Waals surface area contributed by atoms with Crippen LogP contribution in [0.25, 0.3) is 0 Å². The van der Waals surface area contributed by atoms with Gasteiger partial charge in [0.2, 0.25) is 0 Å². The Kier molecular flexibility index (Phi) is 5.65. The maximum absolute atomic E-state index is 11.5. The fraction of sp³-hybridized carbons (Fsp3) is 0.500. The van der Waals surface area contributed by atoms with Gasteiger partial charge in [0.25, 0.3) is 0 Å². The van der Waals surface area contributed by atoms with E-state index in [2.05, 4.69) is 24.5 Å². The summed E-state index contributed by atoms with van der Waals surface area (Å²) in [5, 5.41) is 14.2. The Bertz CT molecular complexity index is 376. The lowest BCUT2D eigenvalue weighted by molar-refractivity contribution is 0.229. The molecule has 0 fully saturated rings. The molecule has 3 N–H and O–H groups in total. The highest BCUT2D eigenvalue weighted by atomic mass is 16.3. The van der Waals surface area contributed by atoms with E-state index in [1.54, 1.807) is 6.92 Å². The van der Waals surface area contributed by atoms with E-state index in [0.717, 1.165) is 12.1 Å². The van der Waals surface area contributed by atoms with Gasteiger partial charge in [-0.3, -0.25) is 0 Å². The summed E-state index contributed by atoms with van der Waals surface area (Å²) < 4.78 is 0. The zero-order chi connectivity index (χ0) is 13.5. The molecule has 2 atom stereocenters. The molecule has 0 heterocycles. The molecule has 1 rings (SSSR count). The standard InChI is InChI=1S/C14H22N2O2/c1-4-10(2)12-5-7-13(8-6-12)16-14(18)15-11(3)9-17/h5-8,10-11,17H,4,9H2,1-3H3,(H2,15,16,18)/t10?,11-/m1/s1. The van der Waals surface area contributed by atoms with E-state index in [1.807, 2.05) is 24.3 Å². The van der Waals surface area contributed by atoms with Gasteiger partial charge < -0.3 is 15.7 Å². The number of urea groups is 1. The summed E-state index contributed by atoms with van der Waals surface area (Å²) in [5.74, 6) is 0.530. The van der Waals surface area contributed by atoms with Crippen LogP contribution in [0.15, 0.2) is 24.3 Å². The van der Waals surface area contributed by atoms with Gasteiger partial charge in [-0.25, -0.2) is 4.79 Å². The number of carbonyl (C=O) groups excluding carboxylic acids is 1. The fourth-order valence-corrected chi connectivity index (χ4v) is 1.57. The van der Waals surface area contributed by atoms with Crippen LogP contribution in [0.5, 0.6) is 0 Å². The highest BCUT2D eigenvalue weighted by molar-refractivity contribution is 5.89. The predicted molar refractivity (Wildman–Crippen MR) is 73.9 cm³/mol. The first-order valence-corrected chi connectivity index (χ1v) is 6.35. The fourth-order valence-electron chi connectivity index (χ4n) is 1.57. The van der Waals surface area contributed by atoms with E-state index < -0.39 is 0 Å². The Morgan fingerprint density at radius 3 is 2.39 bits per heavy atom. The summed E-state index contributed by atoms with van der Waals surface area (Å²) in [6, 6.07) is 7.30. The third-order valence-electron chi connectivity index (χ3n) is 3.00. The van der Waals surface area contributed by atoms with Crippen molar-refractivity contribution in [3.8, 4) is 0 Å². The van der Waals surface area contributed by atoms with Crippen molar-refractivity contribution in [2.45, 2.75) is 39.2 Å². The lowest BCUT2D eigenvalue weighted by Crippen LogP contribution is -2.38. The first-order chi connectivity index (χ1) is 8.56. The maximum atomic E-state index is 11.5. The average molecular weight is 250 g/mol. The minimum Gasteiger partial charge on any atom is -0.394 e. The van der Waals surface area contributed by atoms with Crippen LogP contribution in [-0.4, -0.2) is 23.8 Å². The molecule has 0 bridgehead atoms. The van der Waals surface area contributed by atoms with Crippen molar-refractivity contribution in [1.29, 1.82) is 0 Å². The van der Waals surface area contributed by atoms with Crippen molar-refractivity contribution in [2.24, 2.45) is 0 Å². The van der Waals surface area contributed by atoms with E-state index >= 15 is 0 Å². The molecular formula is C14H22N2O2. The molecule has 4 nitrogen and oxygen atoms in total. The molecule has 100 valence electrons. The van der Waals surface area contributed by atoms with Crippen LogP contribution in [0.1, 0.15) is 38.7 Å². The summed E-state index contributed by atoms with van der Waals surface area (Å²) in [7, 11) is 0. The van der Waals surface area contributed by atoms with Gasteiger partial charge in [-0.15, -0.1) is 0 Å². The van der Waals surface area contributed by atoms with Crippen molar-refractivity contribution >= 4 is 11.7 Å². The molecule has 0 aliphatic carbocycles. The second-order valence-corrected chi connectivity index (χ2v) is 4.61. The van der Waals surface area contributed by atoms with Crippen molar-refractivity contribution < 1.29 is 9.90 Å². The lowest BCUT2D eigenvalue weighted by Gasteiger charge is -2.13. The highest BCUT2D eigenvalue weighted by Crippen LogP contribution is 2.20. The Morgan fingerprint density at radius 2 is 1.89 bits per heavy atom. The van der Waals surface area contributed by atoms with Crippen LogP contribution >= 0.6 is 0 Å². The van der Waals surface area contributed by atoms with Crippen LogP contribution in [0.2, 0.25) is 0 Å². The molecule has 1 aromatic rings. The molecule has 0 spiro atoms. The Labute approximate surface area is 108 Å². The van der Waals surface area contributed by atoms with Crippen molar-refractivity contribution in [3.05, 3.63) is 29.8 Å². The van der Waals surface area contributed by atoms with E-state index in [4.69, 9.17) is 5.11 Å². The minimum absolute atomic E-state index is 0.0691. The molecule has 4 heteroatoms. The Morgan fingerprint density at radius 1 is 1.28 bits per heavy atom. The second kappa shape index (κ2) is 7.01. The number of aliphatic hydroxyl groups excluding tert-OH is 1. The molecule has 0 aliphatic rings. The normalized spacial score (nSPS) is 13.8. The van der Waals surface area contributed by atoms with Gasteiger partial charge >= 0.3 is 6.03 Å². The summed E-state index contributed by atoms with van der Waals surface area (Å²) in [6.45, 7) is 6.00. The number of aliphatic hydroxyl groups is 1. The molecule has 1 unspecified atom stereocenters. The van der Waals surface area contributed by atoms with Gasteiger partial charge in [-0.1, -0.05) is 26.0 Å². The third-order valence-corrected chi connectivity index (χ3v) is 3.00. The molecule has 0 aliphatic heterocycles. The molecule has 0 saturated carbocycles. The minimum atomic E-state index is -0.298. The molecule has 1 aromatic carbocycles. The number of hydrogen-bond acceptors (Lipinski definition) is 2. The zero-order valence-corrected chi connectivity index (χ0v) is 11.2. The third kappa shape index (κ3) is 4.37. The van der Waals surface area contributed by atoms with Crippen LogP contribution in [0.3, 0.4) is 0 Å². The van der Waals surface area contributed by atoms with E-state index in [9.17, 15) is 4.79 Å². The van der Waals surface area contributed by atoms with Gasteiger partial charge in [-0.05, 0) is 37.0 Å². The Balaban J connectivity index is 2.55. The van der Waals surface area contributed by atoms with Gasteiger partial charge in [-0.2, -0.15) is 0 Å². The van der Waals surface area contributed by atoms with E-state index in [1.165, 1.54) is 5.56 Å². The first-order valence-electron chi connectivity index (χ1n) is 6.35. The van der Waals surface area contributed by atoms with Crippen LogP contribution < -0.4 is 10.6 Å². The smallest absolute Gasteiger partial charge is 0.319 e. The van der Waals surface area contributed by atoms with Crippen LogP contribution in [0, 0.1) is 0 Å². The number of nitrogens with one attached hydrogen (secondary N) is 2. The monoisotopic (exact) mass is 250 g/mol. The van der Waals surface area contributed by atoms with Crippen molar-refractivity contribution in [3.63, 3.8) is 0 Å². The molecular weight excluding hydrogens is 228 g/mol. The second-order valence-electron chi connectivity index (χ2n) is 4.61. The van der Waals surface area contributed by atoms with Crippen LogP contribution in [0.4, 0.5) is 10.5 Å². The Hall–Kier alpha value is -1.55. The number of amides is 2. The van der Waals surface area contributed by atoms with Gasteiger partial charge in [0.15, 0.2) is 0 Å². The number of rotatable bonds is 5. The molecule has 2 amide bonds. The largest absolute Gasteiger partial charge is 0.394 e. The summed E-state index contributed by atoms with van der Waals surface area (Å²) in [6.07, 6.45) is 1.10. The van der Waals surface area contributed by atoms with Gasteiger partial charge in [0.05, 0.1) is 12.6 Å². The first kappa shape index (κ1) is 14.5. The van der Waals surface area contributed by atoms with E-state index in [-0.39, 0.29) is 18.7 Å². The predicted octanol–water partition coefficient (Wildman–Crippen LogP) is 2.70. The molecule has 0 aromatic heterocycles.